The highest BCUT2D eigenvalue weighted by atomic mass is 16.4. The zero-order valence-electron chi connectivity index (χ0n) is 10.1. The Morgan fingerprint density at radius 3 is 2.76 bits per heavy atom. The molecule has 2 rings (SSSR count). The van der Waals surface area contributed by atoms with Crippen molar-refractivity contribution in [1.82, 2.24) is 5.32 Å². The van der Waals surface area contributed by atoms with Crippen LogP contribution in [0.15, 0.2) is 30.3 Å². The van der Waals surface area contributed by atoms with Gasteiger partial charge in [-0.1, -0.05) is 43.7 Å². The summed E-state index contributed by atoms with van der Waals surface area (Å²) in [5, 5.41) is 12.3. The van der Waals surface area contributed by atoms with Crippen LogP contribution in [0, 0.1) is 0 Å². The van der Waals surface area contributed by atoms with E-state index in [9.17, 15) is 4.79 Å². The minimum atomic E-state index is -0.731. The fourth-order valence-corrected chi connectivity index (χ4v) is 2.27. The van der Waals surface area contributed by atoms with Crippen LogP contribution < -0.4 is 5.32 Å². The first-order chi connectivity index (χ1) is 8.22. The van der Waals surface area contributed by atoms with Gasteiger partial charge in [0.2, 0.25) is 0 Å². The summed E-state index contributed by atoms with van der Waals surface area (Å²) in [6.45, 7) is 2.01. The van der Waals surface area contributed by atoms with Crippen molar-refractivity contribution in [2.45, 2.75) is 44.2 Å². The molecule has 2 N–H and O–H groups in total. The summed E-state index contributed by atoms with van der Waals surface area (Å²) in [5.74, 6) is -0.236. The molecule has 0 radical (unpaired) electrons. The van der Waals surface area contributed by atoms with Crippen LogP contribution in [0.3, 0.4) is 0 Å². The van der Waals surface area contributed by atoms with Crippen LogP contribution >= 0.6 is 0 Å². The number of rotatable bonds is 6. The topological polar surface area (TPSA) is 49.3 Å². The van der Waals surface area contributed by atoms with Gasteiger partial charge in [0.25, 0.3) is 0 Å². The number of carboxylic acid groups (broad SMARTS) is 1. The molecule has 1 aromatic carbocycles. The number of benzene rings is 1. The highest BCUT2D eigenvalue weighted by Crippen LogP contribution is 2.40. The summed E-state index contributed by atoms with van der Waals surface area (Å²) >= 11 is 0. The molecule has 3 heteroatoms. The summed E-state index contributed by atoms with van der Waals surface area (Å²) in [4.78, 5) is 11.0. The van der Waals surface area contributed by atoms with E-state index in [1.807, 2.05) is 25.1 Å². The van der Waals surface area contributed by atoms with Crippen LogP contribution in [0.1, 0.15) is 37.7 Å². The molecule has 17 heavy (non-hydrogen) atoms. The normalized spacial score (nSPS) is 24.3. The lowest BCUT2D eigenvalue weighted by Gasteiger charge is -2.13. The van der Waals surface area contributed by atoms with E-state index in [4.69, 9.17) is 5.11 Å². The quantitative estimate of drug-likeness (QED) is 0.793. The number of aliphatic carboxylic acids is 1. The molecule has 1 aromatic rings. The Kier molecular flexibility index (Phi) is 3.79. The zero-order valence-corrected chi connectivity index (χ0v) is 10.1. The molecule has 0 bridgehead atoms. The van der Waals surface area contributed by atoms with E-state index in [-0.39, 0.29) is 0 Å². The summed E-state index contributed by atoms with van der Waals surface area (Å²) < 4.78 is 0. The van der Waals surface area contributed by atoms with Gasteiger partial charge in [0.1, 0.15) is 6.04 Å². The summed E-state index contributed by atoms with van der Waals surface area (Å²) in [6, 6.07) is 10.2. The lowest BCUT2D eigenvalue weighted by atomic mass is 10.1. The fourth-order valence-electron chi connectivity index (χ4n) is 2.27. The van der Waals surface area contributed by atoms with Crippen LogP contribution in [-0.4, -0.2) is 23.2 Å². The molecule has 0 heterocycles. The monoisotopic (exact) mass is 233 g/mol. The number of nitrogens with one attached hydrogen (secondary N) is 1. The second kappa shape index (κ2) is 5.32. The SMILES string of the molecule is CCCC(NC1CC1c1ccccc1)C(=O)O. The molecule has 1 aliphatic carbocycles. The molecule has 1 saturated carbocycles. The molecule has 92 valence electrons. The van der Waals surface area contributed by atoms with Gasteiger partial charge in [-0.3, -0.25) is 4.79 Å². The van der Waals surface area contributed by atoms with Gasteiger partial charge in [0, 0.05) is 12.0 Å². The Balaban J connectivity index is 1.88. The minimum Gasteiger partial charge on any atom is -0.480 e. The van der Waals surface area contributed by atoms with Crippen LogP contribution in [0.25, 0.3) is 0 Å². The van der Waals surface area contributed by atoms with Gasteiger partial charge < -0.3 is 10.4 Å². The van der Waals surface area contributed by atoms with E-state index < -0.39 is 12.0 Å². The standard InChI is InChI=1S/C14H19NO2/c1-2-6-12(14(16)17)15-13-9-11(13)10-7-4-3-5-8-10/h3-5,7-8,11-13,15H,2,6,9H2,1H3,(H,16,17). The lowest BCUT2D eigenvalue weighted by Crippen LogP contribution is -2.38. The van der Waals surface area contributed by atoms with Gasteiger partial charge in [-0.05, 0) is 18.4 Å². The maximum absolute atomic E-state index is 11.0. The molecular formula is C14H19NO2. The Morgan fingerprint density at radius 2 is 2.18 bits per heavy atom. The van der Waals surface area contributed by atoms with Crippen LogP contribution in [-0.2, 0) is 4.79 Å². The molecule has 0 spiro atoms. The van der Waals surface area contributed by atoms with Crippen LogP contribution in [0.4, 0.5) is 0 Å². The van der Waals surface area contributed by atoms with Crippen molar-refractivity contribution in [1.29, 1.82) is 0 Å². The van der Waals surface area contributed by atoms with E-state index in [0.717, 1.165) is 12.8 Å². The van der Waals surface area contributed by atoms with Crippen molar-refractivity contribution in [2.24, 2.45) is 0 Å². The maximum Gasteiger partial charge on any atom is 0.320 e. The fraction of sp³-hybridized carbons (Fsp3) is 0.500. The van der Waals surface area contributed by atoms with E-state index in [1.54, 1.807) is 0 Å². The third-order valence-corrected chi connectivity index (χ3v) is 3.31. The van der Waals surface area contributed by atoms with Gasteiger partial charge in [0.15, 0.2) is 0 Å². The molecular weight excluding hydrogens is 214 g/mol. The summed E-state index contributed by atoms with van der Waals surface area (Å²) in [7, 11) is 0. The van der Waals surface area contributed by atoms with Crippen molar-refractivity contribution in [3.63, 3.8) is 0 Å². The smallest absolute Gasteiger partial charge is 0.320 e. The first-order valence-corrected chi connectivity index (χ1v) is 6.26. The molecule has 0 aromatic heterocycles. The number of carbonyl (C=O) groups is 1. The average Bonchev–Trinajstić information content (AvgIpc) is 3.09. The zero-order chi connectivity index (χ0) is 12.3. The second-order valence-corrected chi connectivity index (χ2v) is 4.71. The number of hydrogen-bond acceptors (Lipinski definition) is 2. The van der Waals surface area contributed by atoms with Crippen molar-refractivity contribution in [3.8, 4) is 0 Å². The molecule has 3 atom stereocenters. The Morgan fingerprint density at radius 1 is 1.47 bits per heavy atom. The van der Waals surface area contributed by atoms with E-state index in [1.165, 1.54) is 5.56 Å². The largest absolute Gasteiger partial charge is 0.480 e. The Labute approximate surface area is 102 Å². The van der Waals surface area contributed by atoms with Crippen molar-refractivity contribution in [2.75, 3.05) is 0 Å². The first kappa shape index (κ1) is 12.1. The van der Waals surface area contributed by atoms with Gasteiger partial charge in [-0.2, -0.15) is 0 Å². The highest BCUT2D eigenvalue weighted by Gasteiger charge is 2.40. The van der Waals surface area contributed by atoms with Crippen molar-refractivity contribution < 1.29 is 9.90 Å². The number of hydrogen-bond donors (Lipinski definition) is 2. The average molecular weight is 233 g/mol. The third kappa shape index (κ3) is 3.07. The van der Waals surface area contributed by atoms with E-state index in [0.29, 0.717) is 18.4 Å². The molecule has 0 saturated heterocycles. The Bertz CT molecular complexity index is 377. The van der Waals surface area contributed by atoms with Crippen LogP contribution in [0.5, 0.6) is 0 Å². The van der Waals surface area contributed by atoms with Crippen LogP contribution in [0.2, 0.25) is 0 Å². The summed E-state index contributed by atoms with van der Waals surface area (Å²) in [5.41, 5.74) is 1.31. The van der Waals surface area contributed by atoms with Crippen molar-refractivity contribution in [3.05, 3.63) is 35.9 Å². The third-order valence-electron chi connectivity index (χ3n) is 3.31. The first-order valence-electron chi connectivity index (χ1n) is 6.26. The lowest BCUT2D eigenvalue weighted by molar-refractivity contribution is -0.139. The maximum atomic E-state index is 11.0. The van der Waals surface area contributed by atoms with E-state index in [2.05, 4.69) is 17.4 Å². The summed E-state index contributed by atoms with van der Waals surface area (Å²) in [6.07, 6.45) is 2.65. The predicted octanol–water partition coefficient (Wildman–Crippen LogP) is 2.39. The van der Waals surface area contributed by atoms with Gasteiger partial charge in [0.05, 0.1) is 0 Å². The van der Waals surface area contributed by atoms with Crippen molar-refractivity contribution >= 4 is 5.97 Å². The predicted molar refractivity (Wildman–Crippen MR) is 67.1 cm³/mol. The molecule has 1 aliphatic rings. The highest BCUT2D eigenvalue weighted by molar-refractivity contribution is 5.73. The second-order valence-electron chi connectivity index (χ2n) is 4.71. The molecule has 3 nitrogen and oxygen atoms in total. The molecule has 1 fully saturated rings. The minimum absolute atomic E-state index is 0.338. The number of carboxylic acids is 1. The Hall–Kier alpha value is -1.35. The molecule has 3 unspecified atom stereocenters. The molecule has 0 amide bonds. The van der Waals surface area contributed by atoms with Gasteiger partial charge in [-0.25, -0.2) is 0 Å². The van der Waals surface area contributed by atoms with E-state index >= 15 is 0 Å². The van der Waals surface area contributed by atoms with Gasteiger partial charge >= 0.3 is 5.97 Å². The van der Waals surface area contributed by atoms with Gasteiger partial charge in [-0.15, -0.1) is 0 Å². The molecule has 0 aliphatic heterocycles.